The van der Waals surface area contributed by atoms with Crippen molar-refractivity contribution in [3.63, 3.8) is 0 Å². The molecule has 0 saturated carbocycles. The number of Topliss-reactive ketones (excluding diaryl/α,β-unsaturated/α-hetero) is 1. The zero-order chi connectivity index (χ0) is 14.4. The summed E-state index contributed by atoms with van der Waals surface area (Å²) in [6.45, 7) is 7.79. The smallest absolute Gasteiger partial charge is 0.164 e. The molecule has 0 bridgehead atoms. The lowest BCUT2D eigenvalue weighted by Gasteiger charge is -2.23. The van der Waals surface area contributed by atoms with Crippen molar-refractivity contribution in [3.8, 4) is 0 Å². The van der Waals surface area contributed by atoms with Crippen LogP contribution < -0.4 is 0 Å². The van der Waals surface area contributed by atoms with Gasteiger partial charge in [0.25, 0.3) is 0 Å². The van der Waals surface area contributed by atoms with Gasteiger partial charge in [-0.1, -0.05) is 31.2 Å². The largest absolute Gasteiger partial charge is 0.377 e. The molecule has 1 saturated heterocycles. The first-order chi connectivity index (χ1) is 9.70. The van der Waals surface area contributed by atoms with E-state index in [-0.39, 0.29) is 5.78 Å². The van der Waals surface area contributed by atoms with Gasteiger partial charge in [0.05, 0.1) is 6.10 Å². The number of ketones is 1. The van der Waals surface area contributed by atoms with Crippen molar-refractivity contribution in [3.05, 3.63) is 35.4 Å². The Morgan fingerprint density at radius 1 is 1.40 bits per heavy atom. The van der Waals surface area contributed by atoms with Crippen LogP contribution >= 0.6 is 0 Å². The highest BCUT2D eigenvalue weighted by Crippen LogP contribution is 2.14. The van der Waals surface area contributed by atoms with Gasteiger partial charge >= 0.3 is 0 Å². The van der Waals surface area contributed by atoms with Gasteiger partial charge in [-0.15, -0.1) is 0 Å². The van der Waals surface area contributed by atoms with E-state index in [1.807, 2.05) is 31.2 Å². The van der Waals surface area contributed by atoms with E-state index in [0.717, 1.165) is 43.8 Å². The van der Waals surface area contributed by atoms with Crippen molar-refractivity contribution in [1.82, 2.24) is 4.90 Å². The molecular weight excluding hydrogens is 250 g/mol. The number of hydrogen-bond donors (Lipinski definition) is 0. The lowest BCUT2D eigenvalue weighted by atomic mass is 10.0. The van der Waals surface area contributed by atoms with Crippen molar-refractivity contribution >= 4 is 5.78 Å². The van der Waals surface area contributed by atoms with Crippen LogP contribution in [0.2, 0.25) is 0 Å². The van der Waals surface area contributed by atoms with Crippen molar-refractivity contribution in [1.29, 1.82) is 0 Å². The third-order valence-corrected chi connectivity index (χ3v) is 4.03. The van der Waals surface area contributed by atoms with Crippen LogP contribution in [0.15, 0.2) is 24.3 Å². The number of likely N-dealkylation sites (N-methyl/N-ethyl adjacent to an activating group) is 1. The van der Waals surface area contributed by atoms with Gasteiger partial charge in [-0.05, 0) is 31.9 Å². The van der Waals surface area contributed by atoms with Crippen LogP contribution in [0, 0.1) is 6.92 Å². The first-order valence-electron chi connectivity index (χ1n) is 7.63. The molecule has 2 rings (SSSR count). The number of carbonyl (C=O) groups excluding carboxylic acids is 1. The van der Waals surface area contributed by atoms with Crippen LogP contribution in [0.4, 0.5) is 0 Å². The molecule has 3 nitrogen and oxygen atoms in total. The second-order valence-corrected chi connectivity index (χ2v) is 5.52. The van der Waals surface area contributed by atoms with E-state index in [1.165, 1.54) is 6.42 Å². The summed E-state index contributed by atoms with van der Waals surface area (Å²) < 4.78 is 5.67. The molecule has 0 radical (unpaired) electrons. The second-order valence-electron chi connectivity index (χ2n) is 5.52. The number of carbonyl (C=O) groups is 1. The maximum Gasteiger partial charge on any atom is 0.164 e. The monoisotopic (exact) mass is 275 g/mol. The van der Waals surface area contributed by atoms with E-state index in [2.05, 4.69) is 11.8 Å². The van der Waals surface area contributed by atoms with Crippen molar-refractivity contribution in [2.24, 2.45) is 0 Å². The fourth-order valence-corrected chi connectivity index (χ4v) is 2.73. The fourth-order valence-electron chi connectivity index (χ4n) is 2.73. The van der Waals surface area contributed by atoms with Crippen LogP contribution in [-0.2, 0) is 4.74 Å². The molecule has 1 aromatic rings. The molecule has 1 atom stereocenters. The predicted molar refractivity (Wildman–Crippen MR) is 81.2 cm³/mol. The number of hydrogen-bond acceptors (Lipinski definition) is 3. The van der Waals surface area contributed by atoms with Crippen molar-refractivity contribution < 1.29 is 9.53 Å². The van der Waals surface area contributed by atoms with E-state index < -0.39 is 0 Å². The summed E-state index contributed by atoms with van der Waals surface area (Å²) in [7, 11) is 0. The minimum absolute atomic E-state index is 0.244. The first-order valence-corrected chi connectivity index (χ1v) is 7.63. The normalized spacial score (nSPS) is 18.6. The Labute approximate surface area is 121 Å². The molecule has 0 aliphatic carbocycles. The topological polar surface area (TPSA) is 29.5 Å². The van der Waals surface area contributed by atoms with Gasteiger partial charge < -0.3 is 9.64 Å². The van der Waals surface area contributed by atoms with Crippen LogP contribution in [-0.4, -0.2) is 43.0 Å². The molecule has 0 spiro atoms. The molecule has 1 fully saturated rings. The fraction of sp³-hybridized carbons (Fsp3) is 0.588. The summed E-state index contributed by atoms with van der Waals surface area (Å²) in [5.41, 5.74) is 1.93. The number of ether oxygens (including phenoxy) is 1. The Morgan fingerprint density at radius 2 is 2.20 bits per heavy atom. The summed E-state index contributed by atoms with van der Waals surface area (Å²) >= 11 is 0. The van der Waals surface area contributed by atoms with E-state index in [1.54, 1.807) is 0 Å². The Balaban J connectivity index is 1.83. The molecule has 20 heavy (non-hydrogen) atoms. The zero-order valence-corrected chi connectivity index (χ0v) is 12.6. The Kier molecular flexibility index (Phi) is 5.74. The van der Waals surface area contributed by atoms with Crippen LogP contribution in [0.5, 0.6) is 0 Å². The number of rotatable bonds is 7. The lowest BCUT2D eigenvalue weighted by molar-refractivity contribution is 0.0719. The molecule has 3 heteroatoms. The minimum Gasteiger partial charge on any atom is -0.377 e. The molecule has 1 aliphatic rings. The average molecular weight is 275 g/mol. The van der Waals surface area contributed by atoms with Gasteiger partial charge in [-0.2, -0.15) is 0 Å². The Hall–Kier alpha value is -1.19. The summed E-state index contributed by atoms with van der Waals surface area (Å²) in [5.74, 6) is 0.244. The molecule has 0 N–H and O–H groups in total. The summed E-state index contributed by atoms with van der Waals surface area (Å²) in [6.07, 6.45) is 3.28. The standard InChI is InChI=1S/C17H25NO2/c1-3-18(13-15-8-6-12-20-15)11-10-17(19)16-9-5-4-7-14(16)2/h4-5,7,9,15H,3,6,8,10-13H2,1-2H3. The third kappa shape index (κ3) is 4.15. The van der Waals surface area contributed by atoms with E-state index in [9.17, 15) is 4.79 Å². The van der Waals surface area contributed by atoms with Gasteiger partial charge in [-0.3, -0.25) is 4.79 Å². The maximum atomic E-state index is 12.3. The highest BCUT2D eigenvalue weighted by Gasteiger charge is 2.19. The van der Waals surface area contributed by atoms with Crippen LogP contribution in [0.1, 0.15) is 42.1 Å². The van der Waals surface area contributed by atoms with Gasteiger partial charge in [0, 0.05) is 31.7 Å². The number of aryl methyl sites for hydroxylation is 1. The Morgan fingerprint density at radius 3 is 2.85 bits per heavy atom. The molecule has 0 amide bonds. The number of nitrogens with zero attached hydrogens (tertiary/aromatic N) is 1. The molecular formula is C17H25NO2. The quantitative estimate of drug-likeness (QED) is 0.716. The van der Waals surface area contributed by atoms with Gasteiger partial charge in [-0.25, -0.2) is 0 Å². The molecule has 1 unspecified atom stereocenters. The highest BCUT2D eigenvalue weighted by molar-refractivity contribution is 5.97. The predicted octanol–water partition coefficient (Wildman–Crippen LogP) is 3.07. The third-order valence-electron chi connectivity index (χ3n) is 4.03. The van der Waals surface area contributed by atoms with Crippen molar-refractivity contribution in [2.75, 3.05) is 26.2 Å². The van der Waals surface area contributed by atoms with Gasteiger partial charge in [0.1, 0.15) is 0 Å². The SMILES string of the molecule is CCN(CCC(=O)c1ccccc1C)CC1CCCO1. The van der Waals surface area contributed by atoms with Gasteiger partial charge in [0.2, 0.25) is 0 Å². The van der Waals surface area contributed by atoms with Crippen molar-refractivity contribution in [2.45, 2.75) is 39.2 Å². The average Bonchev–Trinajstić information content (AvgIpc) is 2.96. The van der Waals surface area contributed by atoms with E-state index >= 15 is 0 Å². The zero-order valence-electron chi connectivity index (χ0n) is 12.6. The first kappa shape index (κ1) is 15.2. The number of benzene rings is 1. The van der Waals surface area contributed by atoms with Crippen LogP contribution in [0.25, 0.3) is 0 Å². The van der Waals surface area contributed by atoms with E-state index in [4.69, 9.17) is 4.74 Å². The summed E-state index contributed by atoms with van der Waals surface area (Å²) in [5, 5.41) is 0. The molecule has 1 aromatic carbocycles. The summed E-state index contributed by atoms with van der Waals surface area (Å²) in [6, 6.07) is 7.83. The maximum absolute atomic E-state index is 12.3. The van der Waals surface area contributed by atoms with Gasteiger partial charge in [0.15, 0.2) is 5.78 Å². The Bertz CT molecular complexity index is 438. The highest BCUT2D eigenvalue weighted by atomic mass is 16.5. The molecule has 1 aliphatic heterocycles. The molecule has 0 aromatic heterocycles. The lowest BCUT2D eigenvalue weighted by Crippen LogP contribution is -2.33. The minimum atomic E-state index is 0.244. The molecule has 1 heterocycles. The van der Waals surface area contributed by atoms with E-state index in [0.29, 0.717) is 12.5 Å². The second kappa shape index (κ2) is 7.55. The summed E-state index contributed by atoms with van der Waals surface area (Å²) in [4.78, 5) is 14.6. The van der Waals surface area contributed by atoms with Crippen LogP contribution in [0.3, 0.4) is 0 Å². The molecule has 110 valence electrons.